The molecule has 118 valence electrons. The molecule has 2 heterocycles. The lowest BCUT2D eigenvalue weighted by atomic mass is 10.0. The standard InChI is InChI=1S/C16H27N3O2/c1-14-5-2-3-10-19(14)16(20)13-18(9-4-8-17)15-6-11-21-12-7-15/h14-15H,2-7,9-13H2,1H3. The Kier molecular flexibility index (Phi) is 6.47. The van der Waals surface area contributed by atoms with Gasteiger partial charge in [-0.05, 0) is 39.0 Å². The first-order valence-electron chi connectivity index (χ1n) is 8.20. The van der Waals surface area contributed by atoms with E-state index in [9.17, 15) is 4.79 Å². The number of likely N-dealkylation sites (tertiary alicyclic amines) is 1. The van der Waals surface area contributed by atoms with E-state index in [1.54, 1.807) is 0 Å². The van der Waals surface area contributed by atoms with E-state index in [1.807, 2.05) is 4.90 Å². The molecule has 0 aromatic rings. The van der Waals surface area contributed by atoms with Crippen molar-refractivity contribution in [2.24, 2.45) is 0 Å². The van der Waals surface area contributed by atoms with Crippen molar-refractivity contribution in [1.29, 1.82) is 5.26 Å². The van der Waals surface area contributed by atoms with Gasteiger partial charge in [-0.1, -0.05) is 0 Å². The summed E-state index contributed by atoms with van der Waals surface area (Å²) in [6.45, 7) is 5.71. The Morgan fingerprint density at radius 1 is 1.33 bits per heavy atom. The third-order valence-corrected chi connectivity index (χ3v) is 4.68. The summed E-state index contributed by atoms with van der Waals surface area (Å²) in [5.74, 6) is 0.228. The van der Waals surface area contributed by atoms with Crippen LogP contribution < -0.4 is 0 Å². The number of hydrogen-bond acceptors (Lipinski definition) is 4. The van der Waals surface area contributed by atoms with Crippen LogP contribution in [0.25, 0.3) is 0 Å². The summed E-state index contributed by atoms with van der Waals surface area (Å²) in [6, 6.07) is 2.95. The second-order valence-electron chi connectivity index (χ2n) is 6.15. The molecule has 0 aliphatic carbocycles. The number of carbonyl (C=O) groups excluding carboxylic acids is 1. The predicted molar refractivity (Wildman–Crippen MR) is 80.7 cm³/mol. The van der Waals surface area contributed by atoms with Gasteiger partial charge in [0.25, 0.3) is 0 Å². The van der Waals surface area contributed by atoms with Crippen LogP contribution in [0.4, 0.5) is 0 Å². The molecule has 0 aromatic heterocycles. The summed E-state index contributed by atoms with van der Waals surface area (Å²) in [5.41, 5.74) is 0. The van der Waals surface area contributed by atoms with Crippen LogP contribution >= 0.6 is 0 Å². The molecule has 2 aliphatic heterocycles. The lowest BCUT2D eigenvalue weighted by Crippen LogP contribution is -2.50. The maximum absolute atomic E-state index is 12.6. The van der Waals surface area contributed by atoms with Gasteiger partial charge in [0.05, 0.1) is 12.6 Å². The summed E-state index contributed by atoms with van der Waals surface area (Å²) >= 11 is 0. The van der Waals surface area contributed by atoms with Gasteiger partial charge < -0.3 is 9.64 Å². The first-order valence-corrected chi connectivity index (χ1v) is 8.20. The van der Waals surface area contributed by atoms with Crippen LogP contribution in [-0.2, 0) is 9.53 Å². The quantitative estimate of drug-likeness (QED) is 0.775. The van der Waals surface area contributed by atoms with Crippen LogP contribution in [-0.4, -0.2) is 60.6 Å². The van der Waals surface area contributed by atoms with E-state index in [2.05, 4.69) is 17.9 Å². The topological polar surface area (TPSA) is 56.6 Å². The third kappa shape index (κ3) is 4.69. The van der Waals surface area contributed by atoms with Gasteiger partial charge in [0.2, 0.25) is 5.91 Å². The molecule has 0 bridgehead atoms. The summed E-state index contributed by atoms with van der Waals surface area (Å²) in [5, 5.41) is 8.84. The highest BCUT2D eigenvalue weighted by molar-refractivity contribution is 5.78. The number of rotatable bonds is 5. The van der Waals surface area contributed by atoms with E-state index in [0.29, 0.717) is 31.6 Å². The summed E-state index contributed by atoms with van der Waals surface area (Å²) in [7, 11) is 0. The number of piperidine rings is 1. The van der Waals surface area contributed by atoms with Crippen LogP contribution in [0.15, 0.2) is 0 Å². The van der Waals surface area contributed by atoms with Crippen LogP contribution in [0.3, 0.4) is 0 Å². The molecule has 0 saturated carbocycles. The van der Waals surface area contributed by atoms with Crippen LogP contribution in [0, 0.1) is 11.3 Å². The highest BCUT2D eigenvalue weighted by atomic mass is 16.5. The Hall–Kier alpha value is -1.12. The van der Waals surface area contributed by atoms with E-state index < -0.39 is 0 Å². The molecular formula is C16H27N3O2. The molecule has 2 aliphatic rings. The van der Waals surface area contributed by atoms with E-state index >= 15 is 0 Å². The molecule has 2 rings (SSSR count). The van der Waals surface area contributed by atoms with E-state index in [4.69, 9.17) is 10.00 Å². The maximum atomic E-state index is 12.6. The largest absolute Gasteiger partial charge is 0.381 e. The second-order valence-corrected chi connectivity index (χ2v) is 6.15. The van der Waals surface area contributed by atoms with Gasteiger partial charge in [-0.2, -0.15) is 5.26 Å². The lowest BCUT2D eigenvalue weighted by molar-refractivity contribution is -0.136. The van der Waals surface area contributed by atoms with Gasteiger partial charge in [0, 0.05) is 44.8 Å². The highest BCUT2D eigenvalue weighted by Crippen LogP contribution is 2.19. The molecular weight excluding hydrogens is 266 g/mol. The van der Waals surface area contributed by atoms with Crippen LogP contribution in [0.2, 0.25) is 0 Å². The zero-order chi connectivity index (χ0) is 15.1. The van der Waals surface area contributed by atoms with Gasteiger partial charge in [0.15, 0.2) is 0 Å². The lowest BCUT2D eigenvalue weighted by Gasteiger charge is -2.38. The number of hydrogen-bond donors (Lipinski definition) is 0. The molecule has 1 atom stereocenters. The van der Waals surface area contributed by atoms with Crippen molar-refractivity contribution in [2.45, 2.75) is 57.5 Å². The van der Waals surface area contributed by atoms with E-state index in [-0.39, 0.29) is 5.91 Å². The average molecular weight is 293 g/mol. The van der Waals surface area contributed by atoms with Crippen molar-refractivity contribution in [2.75, 3.05) is 32.8 Å². The number of ether oxygens (including phenoxy) is 1. The number of nitrogens with zero attached hydrogens (tertiary/aromatic N) is 3. The van der Waals surface area contributed by atoms with Crippen LogP contribution in [0.5, 0.6) is 0 Å². The fourth-order valence-corrected chi connectivity index (χ4v) is 3.37. The summed E-state index contributed by atoms with van der Waals surface area (Å²) in [4.78, 5) is 16.8. The molecule has 2 saturated heterocycles. The number of nitriles is 1. The molecule has 0 N–H and O–H groups in total. The van der Waals surface area contributed by atoms with E-state index in [1.165, 1.54) is 6.42 Å². The minimum absolute atomic E-state index is 0.228. The van der Waals surface area contributed by atoms with Gasteiger partial charge in [-0.3, -0.25) is 9.69 Å². The molecule has 0 aromatic carbocycles. The first kappa shape index (κ1) is 16.3. The van der Waals surface area contributed by atoms with Crippen molar-refractivity contribution in [3.63, 3.8) is 0 Å². The first-order chi connectivity index (χ1) is 10.2. The van der Waals surface area contributed by atoms with Crippen molar-refractivity contribution in [3.8, 4) is 6.07 Å². The number of amides is 1. The Morgan fingerprint density at radius 2 is 2.10 bits per heavy atom. The summed E-state index contributed by atoms with van der Waals surface area (Å²) < 4.78 is 5.41. The third-order valence-electron chi connectivity index (χ3n) is 4.68. The highest BCUT2D eigenvalue weighted by Gasteiger charge is 2.28. The van der Waals surface area contributed by atoms with Gasteiger partial charge in [-0.15, -0.1) is 0 Å². The molecule has 0 spiro atoms. The zero-order valence-corrected chi connectivity index (χ0v) is 13.1. The average Bonchev–Trinajstić information content (AvgIpc) is 2.52. The van der Waals surface area contributed by atoms with Gasteiger partial charge >= 0.3 is 0 Å². The Labute approximate surface area is 127 Å². The monoisotopic (exact) mass is 293 g/mol. The van der Waals surface area contributed by atoms with Crippen molar-refractivity contribution < 1.29 is 9.53 Å². The van der Waals surface area contributed by atoms with Gasteiger partial charge in [-0.25, -0.2) is 0 Å². The zero-order valence-electron chi connectivity index (χ0n) is 13.1. The molecule has 1 amide bonds. The summed E-state index contributed by atoms with van der Waals surface area (Å²) in [6.07, 6.45) is 5.87. The SMILES string of the molecule is CC1CCCCN1C(=O)CN(CCC#N)C1CCOCC1. The molecule has 1 unspecified atom stereocenters. The molecule has 0 radical (unpaired) electrons. The number of carbonyl (C=O) groups is 1. The predicted octanol–water partition coefficient (Wildman–Crippen LogP) is 1.78. The fourth-order valence-electron chi connectivity index (χ4n) is 3.37. The smallest absolute Gasteiger partial charge is 0.236 e. The maximum Gasteiger partial charge on any atom is 0.236 e. The fraction of sp³-hybridized carbons (Fsp3) is 0.875. The molecule has 2 fully saturated rings. The van der Waals surface area contributed by atoms with Crippen molar-refractivity contribution in [3.05, 3.63) is 0 Å². The minimum Gasteiger partial charge on any atom is -0.381 e. The normalized spacial score (nSPS) is 24.0. The Morgan fingerprint density at radius 3 is 2.76 bits per heavy atom. The second kappa shape index (κ2) is 8.35. The molecule has 5 heteroatoms. The Balaban J connectivity index is 1.93. The van der Waals surface area contributed by atoms with Crippen molar-refractivity contribution in [1.82, 2.24) is 9.80 Å². The van der Waals surface area contributed by atoms with Crippen molar-refractivity contribution >= 4 is 5.91 Å². The van der Waals surface area contributed by atoms with Gasteiger partial charge in [0.1, 0.15) is 0 Å². The molecule has 21 heavy (non-hydrogen) atoms. The minimum atomic E-state index is 0.228. The van der Waals surface area contributed by atoms with Crippen LogP contribution in [0.1, 0.15) is 45.4 Å². The van der Waals surface area contributed by atoms with E-state index in [0.717, 1.165) is 45.4 Å². The molecule has 5 nitrogen and oxygen atoms in total. The Bertz CT molecular complexity index is 374.